The predicted molar refractivity (Wildman–Crippen MR) is 44.4 cm³/mol. The Morgan fingerprint density at radius 1 is 1.67 bits per heavy atom. The molecule has 0 aromatic heterocycles. The van der Waals surface area contributed by atoms with Gasteiger partial charge in [0.2, 0.25) is 0 Å². The highest BCUT2D eigenvalue weighted by molar-refractivity contribution is 14.2. The van der Waals surface area contributed by atoms with Crippen molar-refractivity contribution in [3.8, 4) is 0 Å². The lowest BCUT2D eigenvalue weighted by atomic mass is 10.4. The Balaban J connectivity index is 2.83. The molecular formula is C6H6FIO. The second-order valence-corrected chi connectivity index (χ2v) is 3.51. The van der Waals surface area contributed by atoms with Gasteiger partial charge < -0.3 is 4.74 Å². The summed E-state index contributed by atoms with van der Waals surface area (Å²) in [6, 6.07) is 0. The molecule has 1 aliphatic rings. The lowest BCUT2D eigenvalue weighted by Crippen LogP contribution is -1.88. The van der Waals surface area contributed by atoms with Crippen molar-refractivity contribution in [2.75, 3.05) is 7.11 Å². The van der Waals surface area contributed by atoms with Gasteiger partial charge >= 0.3 is 0 Å². The van der Waals surface area contributed by atoms with Gasteiger partial charge in [0.05, 0.1) is 7.11 Å². The first kappa shape index (κ1) is 6.92. The molecule has 1 aliphatic heterocycles. The van der Waals surface area contributed by atoms with Crippen LogP contribution in [0.25, 0.3) is 0 Å². The maximum absolute atomic E-state index is 12.5. The fraction of sp³-hybridized carbons (Fsp3) is 0.167. The van der Waals surface area contributed by atoms with Crippen LogP contribution in [0.3, 0.4) is 0 Å². The molecule has 0 N–H and O–H groups in total. The Morgan fingerprint density at radius 3 is 2.89 bits per heavy atom. The van der Waals surface area contributed by atoms with Gasteiger partial charge in [-0.05, 0) is 10.1 Å². The molecule has 0 radical (unpaired) electrons. The van der Waals surface area contributed by atoms with E-state index in [9.17, 15) is 4.39 Å². The van der Waals surface area contributed by atoms with Crippen molar-refractivity contribution in [2.45, 2.75) is 0 Å². The number of ether oxygens (including phenoxy) is 1. The van der Waals surface area contributed by atoms with Crippen molar-refractivity contribution in [1.29, 1.82) is 0 Å². The number of halogens is 2. The number of hydrogen-bond acceptors (Lipinski definition) is 1. The number of hydrogen-bond donors (Lipinski definition) is 0. The monoisotopic (exact) mass is 240 g/mol. The summed E-state index contributed by atoms with van der Waals surface area (Å²) in [4.78, 5) is 0. The van der Waals surface area contributed by atoms with Gasteiger partial charge in [-0.2, -0.15) is 0 Å². The van der Waals surface area contributed by atoms with Crippen LogP contribution in [0.4, 0.5) is 4.39 Å². The molecule has 1 rings (SSSR count). The summed E-state index contributed by atoms with van der Waals surface area (Å²) in [5.41, 5.74) is 0. The molecule has 0 spiro atoms. The lowest BCUT2D eigenvalue weighted by molar-refractivity contribution is 0.284. The first-order chi connectivity index (χ1) is 4.34. The SMILES string of the molecule is COC1=CC=IC=C1F. The molecule has 0 bridgehead atoms. The summed E-state index contributed by atoms with van der Waals surface area (Å²) in [5.74, 6) is 0.133. The first-order valence-corrected chi connectivity index (χ1v) is 4.89. The van der Waals surface area contributed by atoms with E-state index in [1.54, 1.807) is 10.2 Å². The highest BCUT2D eigenvalue weighted by atomic mass is 127. The van der Waals surface area contributed by atoms with E-state index in [2.05, 4.69) is 0 Å². The zero-order valence-corrected chi connectivity index (χ0v) is 7.05. The lowest BCUT2D eigenvalue weighted by Gasteiger charge is -2.02. The molecule has 0 saturated heterocycles. The molecule has 0 fully saturated rings. The average Bonchev–Trinajstić information content (AvgIpc) is 1.89. The quantitative estimate of drug-likeness (QED) is 0.638. The molecule has 0 aromatic carbocycles. The standard InChI is InChI=1S/C6H6FIO/c1-9-6-2-3-8-4-5(6)7/h2-4H,1H3. The average molecular weight is 240 g/mol. The van der Waals surface area contributed by atoms with E-state index in [0.29, 0.717) is 5.76 Å². The molecule has 50 valence electrons. The molecule has 0 aromatic rings. The molecule has 0 saturated carbocycles. The van der Waals surface area contributed by atoms with Crippen LogP contribution in [0.2, 0.25) is 0 Å². The summed E-state index contributed by atoms with van der Waals surface area (Å²) >= 11 is -0.177. The largest absolute Gasteiger partial charge is 0.494 e. The van der Waals surface area contributed by atoms with Gasteiger partial charge in [-0.1, -0.05) is 20.7 Å². The number of rotatable bonds is 1. The third-order valence-electron chi connectivity index (χ3n) is 0.901. The molecule has 0 amide bonds. The van der Waals surface area contributed by atoms with Crippen LogP contribution in [0.1, 0.15) is 0 Å². The summed E-state index contributed by atoms with van der Waals surface area (Å²) in [5, 5.41) is 0. The smallest absolute Gasteiger partial charge is 0.170 e. The fourth-order valence-electron chi connectivity index (χ4n) is 0.484. The maximum Gasteiger partial charge on any atom is 0.170 e. The third kappa shape index (κ3) is 1.61. The molecule has 0 unspecified atom stereocenters. The second kappa shape index (κ2) is 3.10. The van der Waals surface area contributed by atoms with Gasteiger partial charge in [0.15, 0.2) is 11.6 Å². The van der Waals surface area contributed by atoms with Crippen LogP contribution in [0.5, 0.6) is 0 Å². The minimum Gasteiger partial charge on any atom is -0.494 e. The van der Waals surface area contributed by atoms with Crippen molar-refractivity contribution in [1.82, 2.24) is 0 Å². The number of allylic oxidation sites excluding steroid dienone is 2. The Hall–Kier alpha value is -0.190. The zero-order chi connectivity index (χ0) is 6.69. The van der Waals surface area contributed by atoms with E-state index in [-0.39, 0.29) is 26.6 Å². The van der Waals surface area contributed by atoms with E-state index in [1.165, 1.54) is 7.11 Å². The summed E-state index contributed by atoms with van der Waals surface area (Å²) < 4.78 is 20.8. The van der Waals surface area contributed by atoms with Crippen molar-refractivity contribution in [3.63, 3.8) is 0 Å². The highest BCUT2D eigenvalue weighted by Gasteiger charge is 2.03. The van der Waals surface area contributed by atoms with Gasteiger partial charge in [0, 0.05) is 4.08 Å². The molecule has 1 heterocycles. The van der Waals surface area contributed by atoms with E-state index in [4.69, 9.17) is 4.74 Å². The molecule has 9 heavy (non-hydrogen) atoms. The topological polar surface area (TPSA) is 9.23 Å². The Kier molecular flexibility index (Phi) is 2.38. The van der Waals surface area contributed by atoms with E-state index >= 15 is 0 Å². The zero-order valence-electron chi connectivity index (χ0n) is 4.90. The summed E-state index contributed by atoms with van der Waals surface area (Å²) in [6.45, 7) is 0. The summed E-state index contributed by atoms with van der Waals surface area (Å²) in [7, 11) is 1.47. The first-order valence-electron chi connectivity index (χ1n) is 2.40. The number of methoxy groups -OCH3 is 1. The van der Waals surface area contributed by atoms with Gasteiger partial charge in [0.25, 0.3) is 0 Å². The van der Waals surface area contributed by atoms with Crippen molar-refractivity contribution in [3.05, 3.63) is 21.7 Å². The van der Waals surface area contributed by atoms with Gasteiger partial charge in [-0.15, -0.1) is 0 Å². The minimum absolute atomic E-state index is 0.177. The van der Waals surface area contributed by atoms with Crippen LogP contribution in [0.15, 0.2) is 21.7 Å². The van der Waals surface area contributed by atoms with E-state index in [1.807, 2.05) is 4.01 Å². The van der Waals surface area contributed by atoms with Crippen molar-refractivity contribution < 1.29 is 9.13 Å². The van der Waals surface area contributed by atoms with E-state index < -0.39 is 0 Å². The Bertz CT molecular complexity index is 193. The molecule has 0 atom stereocenters. The molecule has 0 aliphatic carbocycles. The molecule has 3 heteroatoms. The van der Waals surface area contributed by atoms with Crippen molar-refractivity contribution >= 4 is 24.7 Å². The summed E-state index contributed by atoms with van der Waals surface area (Å²) in [6.07, 6.45) is 1.68. The van der Waals surface area contributed by atoms with Crippen LogP contribution in [0, 0.1) is 0 Å². The van der Waals surface area contributed by atoms with Gasteiger partial charge in [-0.25, -0.2) is 4.39 Å². The predicted octanol–water partition coefficient (Wildman–Crippen LogP) is 2.11. The van der Waals surface area contributed by atoms with Crippen molar-refractivity contribution in [2.24, 2.45) is 0 Å². The normalized spacial score (nSPS) is 17.6. The Morgan fingerprint density at radius 2 is 2.44 bits per heavy atom. The van der Waals surface area contributed by atoms with Crippen LogP contribution >= 0.6 is 20.7 Å². The highest BCUT2D eigenvalue weighted by Crippen LogP contribution is 2.19. The maximum atomic E-state index is 12.5. The minimum atomic E-state index is -0.215. The molecular weight excluding hydrogens is 234 g/mol. The Labute approximate surface area is 63.0 Å². The molecule has 1 nitrogen and oxygen atoms in total. The fourth-order valence-corrected chi connectivity index (χ4v) is 1.85. The van der Waals surface area contributed by atoms with Gasteiger partial charge in [0.1, 0.15) is 0 Å². The van der Waals surface area contributed by atoms with Crippen LogP contribution in [-0.2, 0) is 4.74 Å². The third-order valence-corrected chi connectivity index (χ3v) is 2.58. The second-order valence-electron chi connectivity index (χ2n) is 1.44. The van der Waals surface area contributed by atoms with Crippen LogP contribution in [-0.4, -0.2) is 11.1 Å². The van der Waals surface area contributed by atoms with Crippen LogP contribution < -0.4 is 0 Å². The van der Waals surface area contributed by atoms with E-state index in [0.717, 1.165) is 0 Å². The van der Waals surface area contributed by atoms with Gasteiger partial charge in [-0.3, -0.25) is 0 Å².